The summed E-state index contributed by atoms with van der Waals surface area (Å²) >= 11 is 1.37. The average Bonchev–Trinajstić information content (AvgIpc) is 3.33. The molecule has 0 radical (unpaired) electrons. The quantitative estimate of drug-likeness (QED) is 0.506. The third-order valence-electron chi connectivity index (χ3n) is 7.96. The Kier molecular flexibility index (Phi) is 4.73. The summed E-state index contributed by atoms with van der Waals surface area (Å²) in [5.41, 5.74) is 3.78. The molecule has 31 heavy (non-hydrogen) atoms. The van der Waals surface area contributed by atoms with Crippen molar-refractivity contribution in [2.24, 2.45) is 5.41 Å². The van der Waals surface area contributed by atoms with Crippen LogP contribution >= 0.6 is 11.8 Å². The maximum atomic E-state index is 13.0. The van der Waals surface area contributed by atoms with E-state index in [0.29, 0.717) is 23.1 Å². The summed E-state index contributed by atoms with van der Waals surface area (Å²) in [4.78, 5) is 31.6. The maximum Gasteiger partial charge on any atom is 0.227 e. The van der Waals surface area contributed by atoms with Gasteiger partial charge in [-0.25, -0.2) is 4.98 Å². The van der Waals surface area contributed by atoms with Crippen molar-refractivity contribution in [3.8, 4) is 0 Å². The van der Waals surface area contributed by atoms with E-state index in [0.717, 1.165) is 42.9 Å². The first-order valence-electron chi connectivity index (χ1n) is 11.1. The van der Waals surface area contributed by atoms with Gasteiger partial charge in [-0.15, -0.1) is 5.10 Å². The highest BCUT2D eigenvalue weighted by molar-refractivity contribution is 8.00. The van der Waals surface area contributed by atoms with E-state index in [1.165, 1.54) is 11.8 Å². The van der Waals surface area contributed by atoms with Crippen molar-refractivity contribution >= 4 is 29.1 Å². The number of hydrogen-bond acceptors (Lipinski definition) is 6. The Morgan fingerprint density at radius 1 is 1.19 bits per heavy atom. The first-order valence-corrected chi connectivity index (χ1v) is 12.0. The standard InChI is InChI=1S/C24H28N4O2S/c1-14(20(30)15-7-9-16(10-8-15)28-13-5-6-18(28)29)31-22-25-21-19(26-27-22)17-11-12-24(21,4)23(17,2)3/h7-10,14,17H,5-6,11-13H2,1-4H3/t14-,17+,24+/m1/s1. The number of aromatic nitrogens is 3. The van der Waals surface area contributed by atoms with E-state index >= 15 is 0 Å². The van der Waals surface area contributed by atoms with Crippen molar-refractivity contribution in [2.45, 2.75) is 75.1 Å². The van der Waals surface area contributed by atoms with Crippen LogP contribution in [0.15, 0.2) is 29.4 Å². The molecule has 5 rings (SSSR count). The van der Waals surface area contributed by atoms with Gasteiger partial charge in [0.2, 0.25) is 11.1 Å². The molecule has 2 aromatic rings. The molecule has 0 unspecified atom stereocenters. The number of nitrogens with zero attached hydrogens (tertiary/aromatic N) is 4. The summed E-state index contributed by atoms with van der Waals surface area (Å²) in [5, 5.41) is 9.16. The van der Waals surface area contributed by atoms with Crippen molar-refractivity contribution < 1.29 is 9.59 Å². The minimum Gasteiger partial charge on any atom is -0.312 e. The Morgan fingerprint density at radius 3 is 2.61 bits per heavy atom. The van der Waals surface area contributed by atoms with Crippen molar-refractivity contribution in [1.82, 2.24) is 15.2 Å². The average molecular weight is 437 g/mol. The van der Waals surface area contributed by atoms with Gasteiger partial charge in [0.1, 0.15) is 0 Å². The normalized spacial score (nSPS) is 26.9. The molecule has 1 aromatic heterocycles. The molecule has 1 saturated heterocycles. The fraction of sp³-hybridized carbons (Fsp3) is 0.542. The van der Waals surface area contributed by atoms with Crippen molar-refractivity contribution in [3.63, 3.8) is 0 Å². The van der Waals surface area contributed by atoms with Crippen molar-refractivity contribution in [2.75, 3.05) is 11.4 Å². The molecule has 1 aromatic carbocycles. The fourth-order valence-corrected chi connectivity index (χ4v) is 6.38. The molecule has 0 spiro atoms. The van der Waals surface area contributed by atoms with Gasteiger partial charge in [-0.3, -0.25) is 9.59 Å². The lowest BCUT2D eigenvalue weighted by molar-refractivity contribution is -0.117. The van der Waals surface area contributed by atoms with Crippen molar-refractivity contribution in [1.29, 1.82) is 0 Å². The number of amides is 1. The molecule has 1 aliphatic heterocycles. The highest BCUT2D eigenvalue weighted by Crippen LogP contribution is 2.66. The lowest BCUT2D eigenvalue weighted by Gasteiger charge is -2.34. The Balaban J connectivity index is 1.32. The second-order valence-electron chi connectivity index (χ2n) is 9.79. The van der Waals surface area contributed by atoms with Gasteiger partial charge < -0.3 is 4.90 Å². The number of benzene rings is 1. The number of hydrogen-bond donors (Lipinski definition) is 0. The van der Waals surface area contributed by atoms with E-state index in [-0.39, 0.29) is 27.8 Å². The number of thioether (sulfide) groups is 1. The van der Waals surface area contributed by atoms with Crippen LogP contribution in [0.25, 0.3) is 0 Å². The third kappa shape index (κ3) is 3.04. The number of Topliss-reactive ketones (excluding diaryl/α,β-unsaturated/α-hetero) is 1. The van der Waals surface area contributed by atoms with Gasteiger partial charge in [0.25, 0.3) is 0 Å². The van der Waals surface area contributed by atoms with Crippen LogP contribution in [0.2, 0.25) is 0 Å². The number of fused-ring (bicyclic) bond motifs is 5. The second-order valence-corrected chi connectivity index (χ2v) is 11.1. The topological polar surface area (TPSA) is 76.1 Å². The van der Waals surface area contributed by atoms with E-state index in [4.69, 9.17) is 4.98 Å². The number of anilines is 1. The molecule has 2 fully saturated rings. The summed E-state index contributed by atoms with van der Waals surface area (Å²) in [6, 6.07) is 7.34. The minimum atomic E-state index is -0.321. The highest BCUT2D eigenvalue weighted by atomic mass is 32.2. The molecule has 0 N–H and O–H groups in total. The molecule has 3 aliphatic rings. The number of carbonyl (C=O) groups excluding carboxylic acids is 2. The minimum absolute atomic E-state index is 0.0222. The van der Waals surface area contributed by atoms with Crippen molar-refractivity contribution in [3.05, 3.63) is 41.2 Å². The predicted molar refractivity (Wildman–Crippen MR) is 121 cm³/mol. The Morgan fingerprint density at radius 2 is 1.94 bits per heavy atom. The highest BCUT2D eigenvalue weighted by Gasteiger charge is 2.61. The van der Waals surface area contributed by atoms with Crippen LogP contribution in [-0.4, -0.2) is 38.7 Å². The zero-order valence-corrected chi connectivity index (χ0v) is 19.3. The summed E-state index contributed by atoms with van der Waals surface area (Å²) in [5.74, 6) is 0.600. The van der Waals surface area contributed by atoms with Gasteiger partial charge in [0.05, 0.1) is 16.6 Å². The van der Waals surface area contributed by atoms with Crippen LogP contribution < -0.4 is 4.90 Å². The van der Waals surface area contributed by atoms with E-state index in [2.05, 4.69) is 31.0 Å². The maximum absolute atomic E-state index is 13.0. The van der Waals surface area contributed by atoms with Gasteiger partial charge in [-0.2, -0.15) is 5.10 Å². The first kappa shape index (κ1) is 20.6. The molecule has 2 heterocycles. The molecule has 6 nitrogen and oxygen atoms in total. The number of rotatable bonds is 5. The molecule has 1 amide bonds. The largest absolute Gasteiger partial charge is 0.312 e. The smallest absolute Gasteiger partial charge is 0.227 e. The molecule has 162 valence electrons. The fourth-order valence-electron chi connectivity index (χ4n) is 5.59. The molecule has 2 bridgehead atoms. The van der Waals surface area contributed by atoms with Crippen LogP contribution in [0.5, 0.6) is 0 Å². The molecule has 3 atom stereocenters. The lowest BCUT2D eigenvalue weighted by Crippen LogP contribution is -2.32. The van der Waals surface area contributed by atoms with Crippen LogP contribution in [0, 0.1) is 5.41 Å². The first-order chi connectivity index (χ1) is 14.7. The van der Waals surface area contributed by atoms with E-state index in [9.17, 15) is 9.59 Å². The predicted octanol–water partition coefficient (Wildman–Crippen LogP) is 4.54. The van der Waals surface area contributed by atoms with E-state index in [1.54, 1.807) is 4.90 Å². The molecule has 2 aliphatic carbocycles. The van der Waals surface area contributed by atoms with Gasteiger partial charge in [-0.1, -0.05) is 32.5 Å². The SMILES string of the molecule is C[C@@H](Sc1nnc2c(n1)[C@]1(C)CC[C@@H]2C1(C)C)C(=O)c1ccc(N2CCCC2=O)cc1. The monoisotopic (exact) mass is 436 g/mol. The Bertz CT molecular complexity index is 1070. The summed E-state index contributed by atoms with van der Waals surface area (Å²) in [7, 11) is 0. The Labute approximate surface area is 187 Å². The molecular formula is C24H28N4O2S. The molecular weight excluding hydrogens is 408 g/mol. The molecule has 1 saturated carbocycles. The Hall–Kier alpha value is -2.28. The van der Waals surface area contributed by atoms with E-state index in [1.807, 2.05) is 31.2 Å². The van der Waals surface area contributed by atoms with E-state index < -0.39 is 0 Å². The van der Waals surface area contributed by atoms with Crippen LogP contribution in [0.3, 0.4) is 0 Å². The van der Waals surface area contributed by atoms with Gasteiger partial charge >= 0.3 is 0 Å². The molecule has 7 heteroatoms. The van der Waals surface area contributed by atoms with Crippen LogP contribution in [0.1, 0.15) is 81.0 Å². The lowest BCUT2D eigenvalue weighted by atomic mass is 9.70. The number of carbonyl (C=O) groups is 2. The number of ketones is 1. The van der Waals surface area contributed by atoms with Crippen LogP contribution in [-0.2, 0) is 10.2 Å². The second kappa shape index (κ2) is 7.12. The summed E-state index contributed by atoms with van der Waals surface area (Å²) < 4.78 is 0. The van der Waals surface area contributed by atoms with Gasteiger partial charge in [-0.05, 0) is 55.9 Å². The zero-order chi connectivity index (χ0) is 22.0. The summed E-state index contributed by atoms with van der Waals surface area (Å²) in [6.45, 7) is 9.55. The third-order valence-corrected chi connectivity index (χ3v) is 8.91. The van der Waals surface area contributed by atoms with Crippen LogP contribution in [0.4, 0.5) is 5.69 Å². The summed E-state index contributed by atoms with van der Waals surface area (Å²) in [6.07, 6.45) is 3.76. The van der Waals surface area contributed by atoms with Gasteiger partial charge in [0.15, 0.2) is 5.78 Å². The zero-order valence-electron chi connectivity index (χ0n) is 18.5. The van der Waals surface area contributed by atoms with Gasteiger partial charge in [0, 0.05) is 35.5 Å².